The molecule has 2 unspecified atom stereocenters. The lowest BCUT2D eigenvalue weighted by atomic mass is 10.1. The Morgan fingerprint density at radius 2 is 2.07 bits per heavy atom. The molecule has 1 fully saturated rings. The number of benzene rings is 1. The van der Waals surface area contributed by atoms with Gasteiger partial charge in [0, 0.05) is 21.5 Å². The highest BCUT2D eigenvalue weighted by atomic mass is 79.9. The Balaban J connectivity index is 1.98. The summed E-state index contributed by atoms with van der Waals surface area (Å²) in [5.74, 6) is 1.32. The molecule has 1 nitrogen and oxygen atoms in total. The lowest BCUT2D eigenvalue weighted by Gasteiger charge is -2.29. The van der Waals surface area contributed by atoms with Crippen molar-refractivity contribution in [3.63, 3.8) is 0 Å². The third-order valence-electron chi connectivity index (χ3n) is 2.80. The van der Waals surface area contributed by atoms with Gasteiger partial charge in [-0.1, -0.05) is 22.9 Å². The molecule has 0 bridgehead atoms. The molecular weight excluding hydrogens is 270 g/mol. The molecule has 1 heterocycles. The van der Waals surface area contributed by atoms with E-state index in [2.05, 4.69) is 64.2 Å². The number of rotatable bonds is 2. The van der Waals surface area contributed by atoms with Gasteiger partial charge < -0.3 is 5.32 Å². The van der Waals surface area contributed by atoms with Crippen LogP contribution >= 0.6 is 27.7 Å². The lowest BCUT2D eigenvalue weighted by Crippen LogP contribution is -2.32. The summed E-state index contributed by atoms with van der Waals surface area (Å²) < 4.78 is 1.14. The van der Waals surface area contributed by atoms with E-state index < -0.39 is 0 Å². The van der Waals surface area contributed by atoms with Gasteiger partial charge in [-0.05, 0) is 42.9 Å². The van der Waals surface area contributed by atoms with Crippen LogP contribution in [0.15, 0.2) is 28.7 Å². The van der Waals surface area contributed by atoms with Crippen LogP contribution in [0.3, 0.4) is 0 Å². The minimum atomic E-state index is 0.630. The molecular formula is C12H16BrNS. The minimum absolute atomic E-state index is 0.630. The molecule has 0 saturated carbocycles. The first-order valence-corrected chi connectivity index (χ1v) is 7.23. The number of hydrogen-bond donors (Lipinski definition) is 1. The first-order valence-electron chi connectivity index (χ1n) is 5.39. The van der Waals surface area contributed by atoms with Gasteiger partial charge in [0.25, 0.3) is 0 Å². The molecule has 0 aromatic heterocycles. The Hall–Kier alpha value is -0.150. The number of thioether (sulfide) groups is 1. The topological polar surface area (TPSA) is 12.0 Å². The molecule has 82 valence electrons. The molecule has 2 atom stereocenters. The standard InChI is InChI=1S/C12H16BrNS/c1-9-12(3-2-8-15-9)14-11-6-4-10(13)5-7-11/h4-7,9,12,14H,2-3,8H2,1H3. The van der Waals surface area contributed by atoms with E-state index in [1.54, 1.807) is 0 Å². The van der Waals surface area contributed by atoms with Crippen molar-refractivity contribution in [2.75, 3.05) is 11.1 Å². The van der Waals surface area contributed by atoms with Crippen LogP contribution in [0.4, 0.5) is 5.69 Å². The van der Waals surface area contributed by atoms with Gasteiger partial charge in [0.05, 0.1) is 0 Å². The van der Waals surface area contributed by atoms with E-state index in [1.165, 1.54) is 24.3 Å². The molecule has 1 aromatic rings. The highest BCUT2D eigenvalue weighted by Gasteiger charge is 2.21. The summed E-state index contributed by atoms with van der Waals surface area (Å²) in [7, 11) is 0. The fourth-order valence-corrected chi connectivity index (χ4v) is 3.28. The quantitative estimate of drug-likeness (QED) is 0.876. The average molecular weight is 286 g/mol. The number of nitrogens with one attached hydrogen (secondary N) is 1. The van der Waals surface area contributed by atoms with E-state index in [9.17, 15) is 0 Å². The second-order valence-corrected chi connectivity index (χ2v) is 6.38. The Morgan fingerprint density at radius 1 is 1.33 bits per heavy atom. The number of halogens is 1. The van der Waals surface area contributed by atoms with E-state index in [4.69, 9.17) is 0 Å². The van der Waals surface area contributed by atoms with Gasteiger partial charge in [0.2, 0.25) is 0 Å². The molecule has 15 heavy (non-hydrogen) atoms. The second-order valence-electron chi connectivity index (χ2n) is 3.98. The van der Waals surface area contributed by atoms with E-state index >= 15 is 0 Å². The van der Waals surface area contributed by atoms with Gasteiger partial charge in [-0.3, -0.25) is 0 Å². The van der Waals surface area contributed by atoms with Gasteiger partial charge in [-0.2, -0.15) is 11.8 Å². The molecule has 1 aromatic carbocycles. The summed E-state index contributed by atoms with van der Waals surface area (Å²) in [6, 6.07) is 9.07. The molecule has 0 spiro atoms. The molecule has 1 aliphatic heterocycles. The van der Waals surface area contributed by atoms with Crippen molar-refractivity contribution in [3.05, 3.63) is 28.7 Å². The van der Waals surface area contributed by atoms with E-state index in [0.717, 1.165) is 9.72 Å². The highest BCUT2D eigenvalue weighted by Crippen LogP contribution is 2.27. The zero-order valence-electron chi connectivity index (χ0n) is 8.87. The summed E-state index contributed by atoms with van der Waals surface area (Å²) in [6.45, 7) is 2.32. The second kappa shape index (κ2) is 5.26. The minimum Gasteiger partial charge on any atom is -0.381 e. The van der Waals surface area contributed by atoms with Crippen molar-refractivity contribution in [3.8, 4) is 0 Å². The molecule has 0 radical (unpaired) electrons. The fourth-order valence-electron chi connectivity index (χ4n) is 1.87. The molecule has 1 N–H and O–H groups in total. The molecule has 3 heteroatoms. The largest absolute Gasteiger partial charge is 0.381 e. The van der Waals surface area contributed by atoms with Crippen molar-refractivity contribution in [2.45, 2.75) is 31.1 Å². The molecule has 1 saturated heterocycles. The smallest absolute Gasteiger partial charge is 0.0377 e. The van der Waals surface area contributed by atoms with Crippen LogP contribution in [-0.4, -0.2) is 17.0 Å². The van der Waals surface area contributed by atoms with Crippen LogP contribution in [0, 0.1) is 0 Å². The maximum absolute atomic E-state index is 3.62. The highest BCUT2D eigenvalue weighted by molar-refractivity contribution is 9.10. The van der Waals surface area contributed by atoms with Crippen molar-refractivity contribution in [1.82, 2.24) is 0 Å². The zero-order valence-corrected chi connectivity index (χ0v) is 11.3. The normalized spacial score (nSPS) is 26.3. The Bertz CT molecular complexity index is 312. The van der Waals surface area contributed by atoms with E-state index in [1.807, 2.05) is 0 Å². The van der Waals surface area contributed by atoms with Crippen LogP contribution in [0.25, 0.3) is 0 Å². The Morgan fingerprint density at radius 3 is 2.73 bits per heavy atom. The predicted molar refractivity (Wildman–Crippen MR) is 72.7 cm³/mol. The molecule has 1 aliphatic rings. The van der Waals surface area contributed by atoms with Gasteiger partial charge >= 0.3 is 0 Å². The van der Waals surface area contributed by atoms with Crippen LogP contribution in [-0.2, 0) is 0 Å². The number of anilines is 1. The summed E-state index contributed by atoms with van der Waals surface area (Å²) in [6.07, 6.45) is 2.63. The van der Waals surface area contributed by atoms with Crippen LogP contribution in [0.2, 0.25) is 0 Å². The third kappa shape index (κ3) is 3.15. The lowest BCUT2D eigenvalue weighted by molar-refractivity contribution is 0.617. The van der Waals surface area contributed by atoms with Crippen molar-refractivity contribution in [1.29, 1.82) is 0 Å². The van der Waals surface area contributed by atoms with Crippen molar-refractivity contribution in [2.24, 2.45) is 0 Å². The van der Waals surface area contributed by atoms with Crippen LogP contribution in [0.1, 0.15) is 19.8 Å². The summed E-state index contributed by atoms with van der Waals surface area (Å²) in [5.41, 5.74) is 1.23. The Kier molecular flexibility index (Phi) is 3.98. The first kappa shape index (κ1) is 11.3. The van der Waals surface area contributed by atoms with Gasteiger partial charge in [0.15, 0.2) is 0 Å². The van der Waals surface area contributed by atoms with Crippen molar-refractivity contribution < 1.29 is 0 Å². The van der Waals surface area contributed by atoms with Crippen molar-refractivity contribution >= 4 is 33.4 Å². The average Bonchev–Trinajstić information content (AvgIpc) is 2.25. The summed E-state index contributed by atoms with van der Waals surface area (Å²) in [5, 5.41) is 4.34. The Labute approximate surface area is 104 Å². The summed E-state index contributed by atoms with van der Waals surface area (Å²) in [4.78, 5) is 0. The zero-order chi connectivity index (χ0) is 10.7. The summed E-state index contributed by atoms with van der Waals surface area (Å²) >= 11 is 5.53. The molecule has 2 rings (SSSR count). The van der Waals surface area contributed by atoms with Crippen LogP contribution < -0.4 is 5.32 Å². The monoisotopic (exact) mass is 285 g/mol. The van der Waals surface area contributed by atoms with Crippen LogP contribution in [0.5, 0.6) is 0 Å². The van der Waals surface area contributed by atoms with E-state index in [0.29, 0.717) is 6.04 Å². The van der Waals surface area contributed by atoms with E-state index in [-0.39, 0.29) is 0 Å². The first-order chi connectivity index (χ1) is 7.25. The van der Waals surface area contributed by atoms with Gasteiger partial charge in [-0.25, -0.2) is 0 Å². The maximum atomic E-state index is 3.62. The van der Waals surface area contributed by atoms with Gasteiger partial charge in [-0.15, -0.1) is 0 Å². The predicted octanol–water partition coefficient (Wildman–Crippen LogP) is 4.15. The maximum Gasteiger partial charge on any atom is 0.0377 e. The number of hydrogen-bond acceptors (Lipinski definition) is 2. The third-order valence-corrected chi connectivity index (χ3v) is 4.71. The fraction of sp³-hybridized carbons (Fsp3) is 0.500. The van der Waals surface area contributed by atoms with Gasteiger partial charge in [0.1, 0.15) is 0 Å². The molecule has 0 aliphatic carbocycles. The molecule has 0 amide bonds. The SMILES string of the molecule is CC1SCCCC1Nc1ccc(Br)cc1.